The van der Waals surface area contributed by atoms with Gasteiger partial charge in [0, 0.05) is 12.7 Å². The van der Waals surface area contributed by atoms with Crippen molar-refractivity contribution in [1.29, 1.82) is 0 Å². The molecule has 0 spiro atoms. The molecule has 1 atom stereocenters. The summed E-state index contributed by atoms with van der Waals surface area (Å²) in [7, 11) is 0. The summed E-state index contributed by atoms with van der Waals surface area (Å²) in [6.45, 7) is 5.54. The summed E-state index contributed by atoms with van der Waals surface area (Å²) < 4.78 is 2.11. The molecule has 0 aliphatic heterocycles. The van der Waals surface area contributed by atoms with E-state index in [9.17, 15) is 0 Å². The highest BCUT2D eigenvalue weighted by Crippen LogP contribution is 2.31. The van der Waals surface area contributed by atoms with Crippen LogP contribution < -0.4 is 5.32 Å². The Morgan fingerprint density at radius 1 is 1.60 bits per heavy atom. The van der Waals surface area contributed by atoms with Gasteiger partial charge in [0.05, 0.1) is 17.9 Å². The van der Waals surface area contributed by atoms with Crippen molar-refractivity contribution in [1.82, 2.24) is 9.78 Å². The van der Waals surface area contributed by atoms with E-state index in [4.69, 9.17) is 0 Å². The summed E-state index contributed by atoms with van der Waals surface area (Å²) in [6, 6.07) is 0.671. The summed E-state index contributed by atoms with van der Waals surface area (Å²) in [5, 5.41) is 7.83. The lowest BCUT2D eigenvalue weighted by Gasteiger charge is -2.25. The van der Waals surface area contributed by atoms with Crippen LogP contribution in [0.15, 0.2) is 12.4 Å². The average Bonchev–Trinajstić information content (AvgIpc) is 2.60. The molecule has 1 unspecified atom stereocenters. The third-order valence-electron chi connectivity index (χ3n) is 3.40. The quantitative estimate of drug-likeness (QED) is 0.804. The van der Waals surface area contributed by atoms with Gasteiger partial charge in [-0.1, -0.05) is 20.3 Å². The van der Waals surface area contributed by atoms with Crippen LogP contribution in [-0.4, -0.2) is 16.3 Å². The van der Waals surface area contributed by atoms with Crippen molar-refractivity contribution in [3.8, 4) is 0 Å². The van der Waals surface area contributed by atoms with Crippen molar-refractivity contribution in [3.05, 3.63) is 12.4 Å². The van der Waals surface area contributed by atoms with Gasteiger partial charge in [0.2, 0.25) is 0 Å². The monoisotopic (exact) mass is 207 g/mol. The van der Waals surface area contributed by atoms with Crippen molar-refractivity contribution in [3.63, 3.8) is 0 Å². The number of rotatable bonds is 5. The molecule has 0 bridgehead atoms. The van der Waals surface area contributed by atoms with E-state index in [1.54, 1.807) is 0 Å². The van der Waals surface area contributed by atoms with Crippen molar-refractivity contribution >= 4 is 5.69 Å². The molecule has 1 N–H and O–H groups in total. The minimum atomic E-state index is 0.671. The van der Waals surface area contributed by atoms with Crippen LogP contribution in [0.4, 0.5) is 5.69 Å². The van der Waals surface area contributed by atoms with Crippen LogP contribution in [0, 0.1) is 5.92 Å². The van der Waals surface area contributed by atoms with Crippen molar-refractivity contribution in [2.45, 2.75) is 45.6 Å². The van der Waals surface area contributed by atoms with Gasteiger partial charge in [-0.25, -0.2) is 0 Å². The second-order valence-electron chi connectivity index (χ2n) is 4.69. The first-order valence-corrected chi connectivity index (χ1v) is 6.07. The molecule has 1 aliphatic rings. The standard InChI is InChI=1S/C12H21N3/c1-3-10(2)7-13-11-8-14-15(9-11)12-5-4-6-12/h8-10,12-13H,3-7H2,1-2H3. The summed E-state index contributed by atoms with van der Waals surface area (Å²) in [4.78, 5) is 0. The Balaban J connectivity index is 1.84. The molecule has 0 radical (unpaired) electrons. The van der Waals surface area contributed by atoms with Crippen LogP contribution in [0.1, 0.15) is 45.6 Å². The molecular formula is C12H21N3. The van der Waals surface area contributed by atoms with Crippen molar-refractivity contribution in [2.24, 2.45) is 5.92 Å². The molecule has 1 aromatic rings. The summed E-state index contributed by atoms with van der Waals surface area (Å²) in [6.07, 6.45) is 9.27. The molecule has 0 saturated heterocycles. The molecule has 1 saturated carbocycles. The zero-order chi connectivity index (χ0) is 10.7. The first-order valence-electron chi connectivity index (χ1n) is 6.07. The molecule has 1 heterocycles. The van der Waals surface area contributed by atoms with Crippen LogP contribution in [0.25, 0.3) is 0 Å². The van der Waals surface area contributed by atoms with Crippen molar-refractivity contribution in [2.75, 3.05) is 11.9 Å². The van der Waals surface area contributed by atoms with E-state index in [1.807, 2.05) is 6.20 Å². The van der Waals surface area contributed by atoms with E-state index >= 15 is 0 Å². The Morgan fingerprint density at radius 2 is 2.40 bits per heavy atom. The van der Waals surface area contributed by atoms with Crippen LogP contribution in [-0.2, 0) is 0 Å². The van der Waals surface area contributed by atoms with E-state index < -0.39 is 0 Å². The van der Waals surface area contributed by atoms with Gasteiger partial charge in [0.1, 0.15) is 0 Å². The first kappa shape index (κ1) is 10.5. The van der Waals surface area contributed by atoms with E-state index in [-0.39, 0.29) is 0 Å². The Labute approximate surface area is 91.9 Å². The fraction of sp³-hybridized carbons (Fsp3) is 0.750. The van der Waals surface area contributed by atoms with Gasteiger partial charge in [-0.05, 0) is 25.2 Å². The van der Waals surface area contributed by atoms with Gasteiger partial charge in [-0.15, -0.1) is 0 Å². The van der Waals surface area contributed by atoms with Crippen LogP contribution in [0.3, 0.4) is 0 Å². The maximum Gasteiger partial charge on any atom is 0.0726 e. The number of nitrogens with one attached hydrogen (secondary N) is 1. The number of hydrogen-bond acceptors (Lipinski definition) is 2. The van der Waals surface area contributed by atoms with Crippen LogP contribution in [0.5, 0.6) is 0 Å². The first-order chi connectivity index (χ1) is 7.29. The number of hydrogen-bond donors (Lipinski definition) is 1. The lowest BCUT2D eigenvalue weighted by molar-refractivity contribution is 0.289. The third kappa shape index (κ3) is 2.52. The number of aromatic nitrogens is 2. The zero-order valence-corrected chi connectivity index (χ0v) is 9.74. The van der Waals surface area contributed by atoms with Crippen LogP contribution in [0.2, 0.25) is 0 Å². The second kappa shape index (κ2) is 4.69. The fourth-order valence-electron chi connectivity index (χ4n) is 1.72. The Morgan fingerprint density at radius 3 is 3.00 bits per heavy atom. The van der Waals surface area contributed by atoms with Gasteiger partial charge < -0.3 is 5.32 Å². The molecule has 84 valence electrons. The molecule has 15 heavy (non-hydrogen) atoms. The van der Waals surface area contributed by atoms with Gasteiger partial charge in [0.15, 0.2) is 0 Å². The van der Waals surface area contributed by atoms with E-state index in [2.05, 4.69) is 35.1 Å². The van der Waals surface area contributed by atoms with Gasteiger partial charge >= 0.3 is 0 Å². The van der Waals surface area contributed by atoms with Gasteiger partial charge in [0.25, 0.3) is 0 Å². The Bertz CT molecular complexity index is 302. The molecule has 1 aliphatic carbocycles. The van der Waals surface area contributed by atoms with E-state index in [1.165, 1.54) is 31.4 Å². The molecule has 1 fully saturated rings. The van der Waals surface area contributed by atoms with E-state index in [0.29, 0.717) is 6.04 Å². The van der Waals surface area contributed by atoms with Crippen molar-refractivity contribution < 1.29 is 0 Å². The topological polar surface area (TPSA) is 29.9 Å². The molecule has 0 amide bonds. The molecule has 2 rings (SSSR count). The highest BCUT2D eigenvalue weighted by Gasteiger charge is 2.19. The van der Waals surface area contributed by atoms with Gasteiger partial charge in [-0.2, -0.15) is 5.10 Å². The maximum absolute atomic E-state index is 4.40. The second-order valence-corrected chi connectivity index (χ2v) is 4.69. The molecule has 3 heteroatoms. The normalized spacial score (nSPS) is 18.5. The fourth-order valence-corrected chi connectivity index (χ4v) is 1.72. The molecular weight excluding hydrogens is 186 g/mol. The number of nitrogens with zero attached hydrogens (tertiary/aromatic N) is 2. The van der Waals surface area contributed by atoms with Crippen LogP contribution >= 0.6 is 0 Å². The molecule has 1 aromatic heterocycles. The zero-order valence-electron chi connectivity index (χ0n) is 9.74. The highest BCUT2D eigenvalue weighted by atomic mass is 15.3. The minimum Gasteiger partial charge on any atom is -0.382 e. The smallest absolute Gasteiger partial charge is 0.0726 e. The molecule has 3 nitrogen and oxygen atoms in total. The summed E-state index contributed by atoms with van der Waals surface area (Å²) >= 11 is 0. The highest BCUT2D eigenvalue weighted by molar-refractivity contribution is 5.38. The Kier molecular flexibility index (Phi) is 3.29. The minimum absolute atomic E-state index is 0.671. The van der Waals surface area contributed by atoms with Gasteiger partial charge in [-0.3, -0.25) is 4.68 Å². The predicted octanol–water partition coefficient (Wildman–Crippen LogP) is 3.07. The largest absolute Gasteiger partial charge is 0.382 e. The summed E-state index contributed by atoms with van der Waals surface area (Å²) in [5.41, 5.74) is 1.17. The molecule has 0 aromatic carbocycles. The SMILES string of the molecule is CCC(C)CNc1cnn(C2CCC2)c1. The Hall–Kier alpha value is -0.990. The average molecular weight is 207 g/mol. The lowest BCUT2D eigenvalue weighted by atomic mass is 9.93. The maximum atomic E-state index is 4.40. The third-order valence-corrected chi connectivity index (χ3v) is 3.40. The predicted molar refractivity (Wildman–Crippen MR) is 63.1 cm³/mol. The van der Waals surface area contributed by atoms with E-state index in [0.717, 1.165) is 12.5 Å². The lowest BCUT2D eigenvalue weighted by Crippen LogP contribution is -2.17. The summed E-state index contributed by atoms with van der Waals surface area (Å²) in [5.74, 6) is 0.733. The number of anilines is 1.